The van der Waals surface area contributed by atoms with E-state index in [9.17, 15) is 55.5 Å². The van der Waals surface area contributed by atoms with E-state index in [-0.39, 0.29) is 47.4 Å². The van der Waals surface area contributed by atoms with Crippen LogP contribution in [-0.2, 0) is 47.5 Å². The van der Waals surface area contributed by atoms with Crippen molar-refractivity contribution >= 4 is 17.5 Å². The smallest absolute Gasteiger partial charge is 0.315 e. The third kappa shape index (κ3) is 7.91. The summed E-state index contributed by atoms with van der Waals surface area (Å²) in [4.78, 5) is 42.5. The number of Topliss-reactive ketones (excluding diaryl/α,β-unsaturated/α-hetero) is 2. The molecule has 0 amide bonds. The number of esters is 1. The monoisotopic (exact) mass is 968 g/mol. The van der Waals surface area contributed by atoms with Crippen LogP contribution >= 0.6 is 0 Å². The summed E-state index contributed by atoms with van der Waals surface area (Å²) in [5, 5.41) is 96.6. The summed E-state index contributed by atoms with van der Waals surface area (Å²) in [5.74, 6) is -0.905. The van der Waals surface area contributed by atoms with Gasteiger partial charge in [0.15, 0.2) is 12.6 Å². The van der Waals surface area contributed by atoms with Gasteiger partial charge in [0, 0.05) is 36.7 Å². The average Bonchev–Trinajstić information content (AvgIpc) is 3.28. The van der Waals surface area contributed by atoms with Crippen LogP contribution in [-0.4, -0.2) is 182 Å². The Hall–Kier alpha value is -2.05. The second-order valence-corrected chi connectivity index (χ2v) is 23.4. The molecule has 0 radical (unpaired) electrons. The summed E-state index contributed by atoms with van der Waals surface area (Å²) in [7, 11) is 1.71. The molecule has 5 aliphatic carbocycles. The molecule has 23 atom stereocenters. The summed E-state index contributed by atoms with van der Waals surface area (Å²) in [6, 6.07) is 0. The molecule has 7 fully saturated rings. The lowest BCUT2D eigenvalue weighted by Crippen LogP contribution is -2.68. The second-order valence-electron chi connectivity index (χ2n) is 23.4. The van der Waals surface area contributed by atoms with Crippen molar-refractivity contribution in [3.05, 3.63) is 11.6 Å². The summed E-state index contributed by atoms with van der Waals surface area (Å²) in [6.45, 7) is 14.9. The van der Waals surface area contributed by atoms with Gasteiger partial charge in [0.2, 0.25) is 6.29 Å². The number of carbonyl (C=O) groups excluding carboxylic acids is 3. The number of hydrogen-bond acceptors (Lipinski definition) is 19. The highest BCUT2D eigenvalue weighted by molar-refractivity contribution is 5.93. The maximum Gasteiger partial charge on any atom is 0.315 e. The van der Waals surface area contributed by atoms with Crippen LogP contribution in [0, 0.1) is 50.2 Å². The molecule has 3 saturated heterocycles. The molecule has 8 rings (SSSR count). The third-order valence-electron chi connectivity index (χ3n) is 19.2. The van der Waals surface area contributed by atoms with E-state index < -0.39 is 139 Å². The molecule has 8 aliphatic rings. The normalized spacial score (nSPS) is 52.1. The molecule has 0 aromatic carbocycles. The number of aliphatic hydroxyl groups excluding tert-OH is 9. The van der Waals surface area contributed by atoms with Crippen molar-refractivity contribution in [1.82, 2.24) is 0 Å². The maximum absolute atomic E-state index is 15.1. The first-order valence-electron chi connectivity index (χ1n) is 24.5. The zero-order valence-corrected chi connectivity index (χ0v) is 40.7. The molecular weight excluding hydrogens is 893 g/mol. The summed E-state index contributed by atoms with van der Waals surface area (Å²) in [5.41, 5.74) is -2.61. The van der Waals surface area contributed by atoms with E-state index in [4.69, 9.17) is 33.2 Å². The van der Waals surface area contributed by atoms with E-state index in [0.717, 1.165) is 24.8 Å². The van der Waals surface area contributed by atoms with Crippen molar-refractivity contribution in [3.63, 3.8) is 0 Å². The Kier molecular flexibility index (Phi) is 14.0. The topological polar surface area (TPSA) is 298 Å². The Morgan fingerprint density at radius 3 is 2.03 bits per heavy atom. The molecule has 3 unspecified atom stereocenters. The van der Waals surface area contributed by atoms with Gasteiger partial charge in [0.05, 0.1) is 30.8 Å². The minimum absolute atomic E-state index is 0.0583. The largest absolute Gasteiger partial charge is 0.432 e. The maximum atomic E-state index is 15.1. The summed E-state index contributed by atoms with van der Waals surface area (Å²) >= 11 is 0. The molecule has 0 spiro atoms. The highest BCUT2D eigenvalue weighted by Gasteiger charge is 2.72. The van der Waals surface area contributed by atoms with E-state index in [2.05, 4.69) is 40.7 Å². The van der Waals surface area contributed by atoms with Crippen molar-refractivity contribution in [3.8, 4) is 0 Å². The molecule has 19 heteroatoms. The SMILES string of the molecule is CO[C@@H]1C=C2[C@@H]3CC(C)(C)C(=O)C[C@]3(C(=O)OC3O[C@H](COC4O[C@H](CO)[C@@H](OC5O[C@@H](C)[C@H](O)[C@@H](O)[C@H]5O)[C@H](O)[C@H]4O)[C@@H](O)[C@H](O)[C@H]3O)CC[C@@]2(C)[C@]2(C)CC[C@H]3C(C)(C)C(=O)CC[C@]3(C)[C@@H]12. The number of methoxy groups -OCH3 is 1. The number of carbonyl (C=O) groups is 3. The fraction of sp³-hybridized carbons (Fsp3) is 0.898. The first kappa shape index (κ1) is 52.3. The van der Waals surface area contributed by atoms with Crippen molar-refractivity contribution in [2.24, 2.45) is 50.2 Å². The van der Waals surface area contributed by atoms with Gasteiger partial charge in [-0.3, -0.25) is 14.4 Å². The predicted octanol–water partition coefficient (Wildman–Crippen LogP) is 0.180. The Balaban J connectivity index is 1.01. The molecule has 3 heterocycles. The molecule has 19 nitrogen and oxygen atoms in total. The lowest BCUT2D eigenvalue weighted by atomic mass is 9.33. The van der Waals surface area contributed by atoms with Crippen LogP contribution < -0.4 is 0 Å². The van der Waals surface area contributed by atoms with E-state index >= 15 is 4.79 Å². The molecular formula is C49H76O19. The summed E-state index contributed by atoms with van der Waals surface area (Å²) in [6.07, 6.45) is -19.1. The van der Waals surface area contributed by atoms with Gasteiger partial charge in [-0.05, 0) is 73.5 Å². The lowest BCUT2D eigenvalue weighted by Gasteiger charge is -2.71. The molecule has 0 aromatic rings. The number of fused-ring (bicyclic) bond motifs is 7. The Labute approximate surface area is 397 Å². The number of rotatable bonds is 9. The standard InChI is InChI=1S/C49H76O19/c1-21-30(53)32(55)35(58)41(64-21)67-38-25(19-50)65-40(37(60)34(38)57)63-20-26-31(54)33(56)36(59)42(66-26)68-43(61)49-15-14-47(7)22(23(49)17-44(2,3)29(52)18-49)16-24(62-9)39-46(6)12-11-28(51)45(4,5)27(46)10-13-48(39,47)8/h16,21,23-27,30-42,50,53-60H,10-15,17-20H2,1-9H3/t21-,23-,24+,25+,26+,27-,30-,31+,32+,33-,34+,35+,36+,37+,38+,39+,40?,41?,42?,46-,47+,48+,49+/m0/s1. The minimum Gasteiger partial charge on any atom is -0.432 e. The number of ether oxygens (including phenoxy) is 7. The second kappa shape index (κ2) is 18.2. The van der Waals surface area contributed by atoms with Gasteiger partial charge in [-0.2, -0.15) is 0 Å². The summed E-state index contributed by atoms with van der Waals surface area (Å²) < 4.78 is 41.0. The Bertz CT molecular complexity index is 1960. The van der Waals surface area contributed by atoms with Crippen LogP contribution in [0.3, 0.4) is 0 Å². The number of ketones is 2. The molecule has 0 aromatic heterocycles. The number of hydrogen-bond donors (Lipinski definition) is 9. The van der Waals surface area contributed by atoms with Gasteiger partial charge in [0.25, 0.3) is 0 Å². The molecule has 9 N–H and O–H groups in total. The fourth-order valence-corrected chi connectivity index (χ4v) is 14.7. The van der Waals surface area contributed by atoms with Crippen molar-refractivity contribution in [2.75, 3.05) is 20.3 Å². The number of aliphatic hydroxyl groups is 9. The Morgan fingerprint density at radius 1 is 0.735 bits per heavy atom. The zero-order chi connectivity index (χ0) is 50.0. The van der Waals surface area contributed by atoms with Crippen LogP contribution in [0.1, 0.15) is 107 Å². The minimum atomic E-state index is -1.94. The van der Waals surface area contributed by atoms with E-state index in [0.29, 0.717) is 25.0 Å². The van der Waals surface area contributed by atoms with Crippen molar-refractivity contribution in [1.29, 1.82) is 0 Å². The van der Waals surface area contributed by atoms with Crippen LogP contribution in [0.15, 0.2) is 11.6 Å². The quantitative estimate of drug-likeness (QED) is 0.110. The fourth-order valence-electron chi connectivity index (χ4n) is 14.7. The lowest BCUT2D eigenvalue weighted by molar-refractivity contribution is -0.361. The van der Waals surface area contributed by atoms with Crippen LogP contribution in [0.2, 0.25) is 0 Å². The van der Waals surface area contributed by atoms with Gasteiger partial charge in [-0.15, -0.1) is 0 Å². The van der Waals surface area contributed by atoms with Crippen molar-refractivity contribution in [2.45, 2.75) is 205 Å². The zero-order valence-electron chi connectivity index (χ0n) is 40.7. The molecule has 4 saturated carbocycles. The molecule has 3 aliphatic heterocycles. The third-order valence-corrected chi connectivity index (χ3v) is 19.2. The first-order valence-corrected chi connectivity index (χ1v) is 24.5. The Morgan fingerprint density at radius 2 is 1.37 bits per heavy atom. The van der Waals surface area contributed by atoms with Gasteiger partial charge in [-0.1, -0.05) is 60.1 Å². The molecule has 68 heavy (non-hydrogen) atoms. The average molecular weight is 969 g/mol. The van der Waals surface area contributed by atoms with Crippen LogP contribution in [0.4, 0.5) is 0 Å². The van der Waals surface area contributed by atoms with Gasteiger partial charge < -0.3 is 79.1 Å². The van der Waals surface area contributed by atoms with Crippen LogP contribution in [0.25, 0.3) is 0 Å². The first-order chi connectivity index (χ1) is 31.6. The van der Waals surface area contributed by atoms with Crippen LogP contribution in [0.5, 0.6) is 0 Å². The van der Waals surface area contributed by atoms with E-state index in [1.165, 1.54) is 6.92 Å². The molecule has 0 bridgehead atoms. The highest BCUT2D eigenvalue weighted by atomic mass is 16.8. The van der Waals surface area contributed by atoms with Crippen molar-refractivity contribution < 1.29 is 93.5 Å². The highest BCUT2D eigenvalue weighted by Crippen LogP contribution is 2.75. The van der Waals surface area contributed by atoms with E-state index in [1.807, 2.05) is 13.8 Å². The van der Waals surface area contributed by atoms with Gasteiger partial charge >= 0.3 is 5.97 Å². The van der Waals surface area contributed by atoms with Gasteiger partial charge in [-0.25, -0.2) is 0 Å². The number of allylic oxidation sites excluding steroid dienone is 1. The van der Waals surface area contributed by atoms with E-state index in [1.54, 1.807) is 7.11 Å². The molecule has 386 valence electrons. The van der Waals surface area contributed by atoms with Gasteiger partial charge in [0.1, 0.15) is 78.7 Å². The predicted molar refractivity (Wildman–Crippen MR) is 234 cm³/mol.